The van der Waals surface area contributed by atoms with Gasteiger partial charge in [0, 0.05) is 42.2 Å². The number of nitrogens with one attached hydrogen (secondary N) is 1. The van der Waals surface area contributed by atoms with Crippen LogP contribution in [0.2, 0.25) is 0 Å². The molecule has 3 aromatic carbocycles. The first-order chi connectivity index (χ1) is 16.1. The van der Waals surface area contributed by atoms with Crippen LogP contribution in [0.15, 0.2) is 65.1 Å². The fraction of sp³-hybridized carbons (Fsp3) is 0.120. The zero-order chi connectivity index (χ0) is 24.6. The maximum absolute atomic E-state index is 13.5. The Bertz CT molecular complexity index is 1530. The van der Waals surface area contributed by atoms with E-state index in [1.165, 1.54) is 38.4 Å². The highest BCUT2D eigenvalue weighted by molar-refractivity contribution is 7.92. The van der Waals surface area contributed by atoms with Gasteiger partial charge in [-0.25, -0.2) is 12.8 Å². The van der Waals surface area contributed by atoms with Crippen LogP contribution < -0.4 is 9.62 Å². The van der Waals surface area contributed by atoms with Gasteiger partial charge in [0.2, 0.25) is 10.0 Å². The van der Waals surface area contributed by atoms with Crippen LogP contribution in [0.25, 0.3) is 33.4 Å². The number of rotatable bonds is 6. The molecule has 0 fully saturated rings. The highest BCUT2D eigenvalue weighted by Gasteiger charge is 2.25. The van der Waals surface area contributed by atoms with Gasteiger partial charge in [0.25, 0.3) is 5.91 Å². The molecule has 0 bridgehead atoms. The number of aldehydes is 1. The molecule has 1 N–H and O–H groups in total. The molecule has 0 aliphatic carbocycles. The predicted octanol–water partition coefficient (Wildman–Crippen LogP) is 4.47. The maximum Gasteiger partial charge on any atom is 0.255 e. The minimum absolute atomic E-state index is 0.223. The molecule has 0 saturated carbocycles. The van der Waals surface area contributed by atoms with E-state index < -0.39 is 21.7 Å². The number of amides is 1. The minimum atomic E-state index is -3.65. The topological polar surface area (TPSA) is 96.7 Å². The summed E-state index contributed by atoms with van der Waals surface area (Å²) in [6.07, 6.45) is 1.77. The molecule has 4 rings (SSSR count). The lowest BCUT2D eigenvalue weighted by Crippen LogP contribution is -2.25. The van der Waals surface area contributed by atoms with Crippen molar-refractivity contribution in [2.45, 2.75) is 0 Å². The molecule has 1 heterocycles. The summed E-state index contributed by atoms with van der Waals surface area (Å²) in [5.74, 6) is -0.633. The molecule has 1 amide bonds. The van der Waals surface area contributed by atoms with E-state index in [1.807, 2.05) is 0 Å². The van der Waals surface area contributed by atoms with E-state index in [1.54, 1.807) is 36.4 Å². The van der Waals surface area contributed by atoms with Gasteiger partial charge < -0.3 is 9.73 Å². The lowest BCUT2D eigenvalue weighted by atomic mass is 9.97. The molecule has 0 saturated heterocycles. The summed E-state index contributed by atoms with van der Waals surface area (Å²) in [5, 5.41) is 3.04. The number of benzene rings is 3. The number of nitrogens with zero attached hydrogens (tertiary/aromatic N) is 1. The Hall–Kier alpha value is -3.98. The van der Waals surface area contributed by atoms with Crippen LogP contribution in [0.5, 0.6) is 0 Å². The SMILES string of the molecule is CNC(=O)c1c(-c2ccc(F)cc2)oc2cc(N(C)S(C)(=O)=O)c(-c3cccc(C=O)c3)cc12. The van der Waals surface area contributed by atoms with Crippen LogP contribution in [-0.2, 0) is 10.0 Å². The Morgan fingerprint density at radius 3 is 2.38 bits per heavy atom. The van der Waals surface area contributed by atoms with Gasteiger partial charge in [-0.2, -0.15) is 0 Å². The second kappa shape index (κ2) is 8.75. The van der Waals surface area contributed by atoms with Gasteiger partial charge in [0.05, 0.1) is 17.5 Å². The molecule has 0 radical (unpaired) electrons. The van der Waals surface area contributed by atoms with E-state index in [2.05, 4.69) is 5.32 Å². The molecule has 9 heteroatoms. The zero-order valence-electron chi connectivity index (χ0n) is 18.6. The minimum Gasteiger partial charge on any atom is -0.455 e. The van der Waals surface area contributed by atoms with Crippen molar-refractivity contribution in [2.75, 3.05) is 24.7 Å². The van der Waals surface area contributed by atoms with Crippen molar-refractivity contribution >= 4 is 38.9 Å². The molecule has 34 heavy (non-hydrogen) atoms. The van der Waals surface area contributed by atoms with Gasteiger partial charge in [-0.3, -0.25) is 13.9 Å². The van der Waals surface area contributed by atoms with Gasteiger partial charge in [0.1, 0.15) is 23.4 Å². The molecule has 0 aliphatic heterocycles. The van der Waals surface area contributed by atoms with Crippen LogP contribution >= 0.6 is 0 Å². The lowest BCUT2D eigenvalue weighted by Gasteiger charge is -2.21. The average Bonchev–Trinajstić information content (AvgIpc) is 3.20. The number of anilines is 1. The monoisotopic (exact) mass is 480 g/mol. The molecule has 0 spiro atoms. The number of hydrogen-bond acceptors (Lipinski definition) is 5. The molecule has 0 atom stereocenters. The molecule has 4 aromatic rings. The Kier molecular flexibility index (Phi) is 5.97. The fourth-order valence-corrected chi connectivity index (χ4v) is 4.25. The Balaban J connectivity index is 2.09. The van der Waals surface area contributed by atoms with Gasteiger partial charge in [-0.15, -0.1) is 0 Å². The number of furan rings is 1. The van der Waals surface area contributed by atoms with Crippen LogP contribution in [0.3, 0.4) is 0 Å². The van der Waals surface area contributed by atoms with E-state index in [0.717, 1.165) is 10.6 Å². The average molecular weight is 481 g/mol. The smallest absolute Gasteiger partial charge is 0.255 e. The normalized spacial score (nSPS) is 11.4. The van der Waals surface area contributed by atoms with Crippen molar-refractivity contribution in [3.8, 4) is 22.5 Å². The standard InChI is InChI=1S/C25H21FN2O5S/c1-27-25(30)23-20-12-19(17-6-4-5-15(11-17)14-29)21(28(2)34(3,31)32)13-22(20)33-24(23)16-7-9-18(26)10-8-16/h4-14H,1-3H3,(H,27,30). The third kappa shape index (κ3) is 4.17. The van der Waals surface area contributed by atoms with E-state index in [9.17, 15) is 22.4 Å². The van der Waals surface area contributed by atoms with Crippen LogP contribution in [0, 0.1) is 5.82 Å². The summed E-state index contributed by atoms with van der Waals surface area (Å²) in [7, 11) is -0.759. The molecule has 0 unspecified atom stereocenters. The molecule has 7 nitrogen and oxygen atoms in total. The van der Waals surface area contributed by atoms with Crippen molar-refractivity contribution < 1.29 is 26.8 Å². The van der Waals surface area contributed by atoms with Crippen molar-refractivity contribution in [2.24, 2.45) is 0 Å². The second-order valence-electron chi connectivity index (χ2n) is 7.73. The number of halogens is 1. The summed E-state index contributed by atoms with van der Waals surface area (Å²) in [6, 6.07) is 15.4. The van der Waals surface area contributed by atoms with Crippen molar-refractivity contribution in [3.05, 3.63) is 77.6 Å². The molecule has 1 aromatic heterocycles. The van der Waals surface area contributed by atoms with E-state index in [-0.39, 0.29) is 16.9 Å². The number of carbonyl (C=O) groups excluding carboxylic acids is 2. The van der Waals surface area contributed by atoms with Crippen molar-refractivity contribution in [1.82, 2.24) is 5.32 Å². The van der Waals surface area contributed by atoms with E-state index >= 15 is 0 Å². The van der Waals surface area contributed by atoms with Gasteiger partial charge in [-0.1, -0.05) is 18.2 Å². The van der Waals surface area contributed by atoms with Crippen molar-refractivity contribution in [1.29, 1.82) is 0 Å². The Morgan fingerprint density at radius 2 is 1.76 bits per heavy atom. The summed E-state index contributed by atoms with van der Waals surface area (Å²) < 4.78 is 45.4. The number of carbonyl (C=O) groups is 2. The lowest BCUT2D eigenvalue weighted by molar-refractivity contribution is 0.0964. The quantitative estimate of drug-likeness (QED) is 0.411. The number of hydrogen-bond donors (Lipinski definition) is 1. The van der Waals surface area contributed by atoms with Crippen LogP contribution in [0.1, 0.15) is 20.7 Å². The van der Waals surface area contributed by atoms with Gasteiger partial charge in [0.15, 0.2) is 0 Å². The highest BCUT2D eigenvalue weighted by Crippen LogP contribution is 2.41. The molecular weight excluding hydrogens is 459 g/mol. The summed E-state index contributed by atoms with van der Waals surface area (Å²) in [5.41, 5.74) is 2.78. The second-order valence-corrected chi connectivity index (χ2v) is 9.75. The Labute approximate surface area is 195 Å². The third-order valence-corrected chi connectivity index (χ3v) is 6.73. The molecular formula is C25H21FN2O5S. The third-order valence-electron chi connectivity index (χ3n) is 5.54. The van der Waals surface area contributed by atoms with Crippen LogP contribution in [-0.4, -0.2) is 41.0 Å². The summed E-state index contributed by atoms with van der Waals surface area (Å²) in [6.45, 7) is 0. The number of fused-ring (bicyclic) bond motifs is 1. The molecule has 174 valence electrons. The van der Waals surface area contributed by atoms with Crippen LogP contribution in [0.4, 0.5) is 10.1 Å². The van der Waals surface area contributed by atoms with E-state index in [4.69, 9.17) is 4.42 Å². The molecule has 0 aliphatic rings. The fourth-order valence-electron chi connectivity index (χ4n) is 3.74. The number of sulfonamides is 1. The Morgan fingerprint density at radius 1 is 1.06 bits per heavy atom. The summed E-state index contributed by atoms with van der Waals surface area (Å²) in [4.78, 5) is 24.2. The van der Waals surface area contributed by atoms with E-state index in [0.29, 0.717) is 39.6 Å². The first-order valence-corrected chi connectivity index (χ1v) is 12.1. The van der Waals surface area contributed by atoms with Gasteiger partial charge in [-0.05, 0) is 42.0 Å². The predicted molar refractivity (Wildman–Crippen MR) is 129 cm³/mol. The summed E-state index contributed by atoms with van der Waals surface area (Å²) >= 11 is 0. The first-order valence-electron chi connectivity index (χ1n) is 10.2. The maximum atomic E-state index is 13.5. The van der Waals surface area contributed by atoms with Gasteiger partial charge >= 0.3 is 0 Å². The first kappa shape index (κ1) is 23.2. The highest BCUT2D eigenvalue weighted by atomic mass is 32.2. The zero-order valence-corrected chi connectivity index (χ0v) is 19.4. The largest absolute Gasteiger partial charge is 0.455 e. The van der Waals surface area contributed by atoms with Crippen molar-refractivity contribution in [3.63, 3.8) is 0 Å².